The maximum atomic E-state index is 4.98. The van der Waals surface area contributed by atoms with Gasteiger partial charge in [0.1, 0.15) is 6.26 Å². The van der Waals surface area contributed by atoms with Gasteiger partial charge >= 0.3 is 0 Å². The molecular formula is C10H18O4. The highest BCUT2D eigenvalue weighted by Gasteiger charge is 2.14. The van der Waals surface area contributed by atoms with Gasteiger partial charge in [-0.25, -0.2) is 0 Å². The van der Waals surface area contributed by atoms with Gasteiger partial charge in [-0.05, 0) is 30.4 Å². The Hall–Kier alpha value is -0.580. The van der Waals surface area contributed by atoms with E-state index < -0.39 is 0 Å². The molecule has 0 heterocycles. The highest BCUT2D eigenvalue weighted by molar-refractivity contribution is 4.68. The maximum absolute atomic E-state index is 4.98. The minimum Gasteiger partial charge on any atom is -0.314 e. The van der Waals surface area contributed by atoms with Crippen LogP contribution in [0, 0.1) is 0 Å². The lowest BCUT2D eigenvalue weighted by atomic mass is 9.98. The quantitative estimate of drug-likeness (QED) is 0.287. The first kappa shape index (κ1) is 11.5. The summed E-state index contributed by atoms with van der Waals surface area (Å²) in [6, 6.07) is 0. The number of allylic oxidation sites excluding steroid dienone is 1. The lowest BCUT2D eigenvalue weighted by Gasteiger charge is -2.18. The predicted molar refractivity (Wildman–Crippen MR) is 50.6 cm³/mol. The van der Waals surface area contributed by atoms with E-state index in [0.717, 1.165) is 19.3 Å². The molecule has 0 bridgehead atoms. The minimum absolute atomic E-state index is 0.155. The van der Waals surface area contributed by atoms with E-state index in [9.17, 15) is 0 Å². The zero-order chi connectivity index (χ0) is 10.1. The molecule has 1 saturated carbocycles. The van der Waals surface area contributed by atoms with Gasteiger partial charge in [-0.3, -0.25) is 0 Å². The Morgan fingerprint density at radius 1 is 1.14 bits per heavy atom. The molecule has 0 aromatic carbocycles. The minimum atomic E-state index is 0.155. The van der Waals surface area contributed by atoms with Crippen molar-refractivity contribution < 1.29 is 19.9 Å². The summed E-state index contributed by atoms with van der Waals surface area (Å²) in [4.78, 5) is 9.52. The molecular weight excluding hydrogens is 184 g/mol. The molecule has 0 amide bonds. The van der Waals surface area contributed by atoms with Crippen molar-refractivity contribution in [1.29, 1.82) is 0 Å². The first-order chi connectivity index (χ1) is 6.93. The van der Waals surface area contributed by atoms with Crippen molar-refractivity contribution in [1.82, 2.24) is 0 Å². The van der Waals surface area contributed by atoms with E-state index in [1.807, 2.05) is 13.0 Å². The standard InChI is InChI=1S/C10H18O4/c1-2-3-9-11-13-14-12-10-7-5-4-6-8-10/h3,9-10H,2,4-8H2,1H3. The molecule has 4 nitrogen and oxygen atoms in total. The lowest BCUT2D eigenvalue weighted by molar-refractivity contribution is -0.630. The molecule has 1 aliphatic carbocycles. The molecule has 0 radical (unpaired) electrons. The molecule has 1 fully saturated rings. The Labute approximate surface area is 84.6 Å². The molecule has 82 valence electrons. The summed E-state index contributed by atoms with van der Waals surface area (Å²) in [6.07, 6.45) is 10.0. The van der Waals surface area contributed by atoms with Crippen molar-refractivity contribution >= 4 is 0 Å². The Morgan fingerprint density at radius 2 is 1.93 bits per heavy atom. The molecule has 0 spiro atoms. The second kappa shape index (κ2) is 7.79. The summed E-state index contributed by atoms with van der Waals surface area (Å²) in [7, 11) is 0. The van der Waals surface area contributed by atoms with Crippen LogP contribution >= 0.6 is 0 Å². The van der Waals surface area contributed by atoms with Crippen LogP contribution in [0.25, 0.3) is 0 Å². The summed E-state index contributed by atoms with van der Waals surface area (Å²) in [6.45, 7) is 2.00. The molecule has 0 aromatic heterocycles. The fraction of sp³-hybridized carbons (Fsp3) is 0.800. The summed E-state index contributed by atoms with van der Waals surface area (Å²) >= 11 is 0. The first-order valence-corrected chi connectivity index (χ1v) is 5.24. The monoisotopic (exact) mass is 202 g/mol. The summed E-state index contributed by atoms with van der Waals surface area (Å²) in [5.41, 5.74) is 0. The van der Waals surface area contributed by atoms with Crippen molar-refractivity contribution in [2.24, 2.45) is 0 Å². The number of rotatable bonds is 6. The van der Waals surface area contributed by atoms with E-state index in [4.69, 9.17) is 4.89 Å². The van der Waals surface area contributed by atoms with Crippen LogP contribution < -0.4 is 0 Å². The topological polar surface area (TPSA) is 36.9 Å². The normalized spacial score (nSPS) is 18.9. The maximum Gasteiger partial charge on any atom is 0.129 e. The van der Waals surface area contributed by atoms with Crippen LogP contribution in [0.1, 0.15) is 45.4 Å². The van der Waals surface area contributed by atoms with Crippen molar-refractivity contribution in [3.63, 3.8) is 0 Å². The fourth-order valence-electron chi connectivity index (χ4n) is 1.41. The van der Waals surface area contributed by atoms with Gasteiger partial charge in [0.25, 0.3) is 0 Å². The lowest BCUT2D eigenvalue weighted by Crippen LogP contribution is -2.16. The van der Waals surface area contributed by atoms with Crippen LogP contribution in [0.2, 0.25) is 0 Å². The van der Waals surface area contributed by atoms with Crippen molar-refractivity contribution in [2.45, 2.75) is 51.6 Å². The summed E-state index contributed by atoms with van der Waals surface area (Å²) in [5.74, 6) is 0. The average Bonchev–Trinajstić information content (AvgIpc) is 2.25. The van der Waals surface area contributed by atoms with Gasteiger partial charge in [0.2, 0.25) is 0 Å². The van der Waals surface area contributed by atoms with Crippen LogP contribution in [0.5, 0.6) is 0 Å². The van der Waals surface area contributed by atoms with E-state index >= 15 is 0 Å². The largest absolute Gasteiger partial charge is 0.314 e. The molecule has 1 aliphatic rings. The summed E-state index contributed by atoms with van der Waals surface area (Å²) < 4.78 is 0. The van der Waals surface area contributed by atoms with Gasteiger partial charge in [0, 0.05) is 5.04 Å². The Bertz CT molecular complexity index is 152. The van der Waals surface area contributed by atoms with Crippen LogP contribution in [-0.4, -0.2) is 6.10 Å². The second-order valence-corrected chi connectivity index (χ2v) is 3.37. The third-order valence-corrected chi connectivity index (χ3v) is 2.18. The molecule has 14 heavy (non-hydrogen) atoms. The van der Waals surface area contributed by atoms with Crippen LogP contribution in [0.4, 0.5) is 0 Å². The van der Waals surface area contributed by atoms with Gasteiger partial charge in [0.05, 0.1) is 6.10 Å². The third kappa shape index (κ3) is 5.21. The molecule has 0 aliphatic heterocycles. The van der Waals surface area contributed by atoms with E-state index in [2.05, 4.69) is 15.0 Å². The first-order valence-electron chi connectivity index (χ1n) is 5.24. The zero-order valence-electron chi connectivity index (χ0n) is 8.61. The predicted octanol–water partition coefficient (Wildman–Crippen LogP) is 3.05. The molecule has 0 aromatic rings. The van der Waals surface area contributed by atoms with E-state index in [1.54, 1.807) is 0 Å². The highest BCUT2D eigenvalue weighted by atomic mass is 17.7. The van der Waals surface area contributed by atoms with E-state index in [1.165, 1.54) is 25.5 Å². The van der Waals surface area contributed by atoms with Crippen molar-refractivity contribution in [3.05, 3.63) is 12.3 Å². The Balaban J connectivity index is 1.89. The molecule has 0 saturated heterocycles. The fourth-order valence-corrected chi connectivity index (χ4v) is 1.41. The smallest absolute Gasteiger partial charge is 0.129 e. The van der Waals surface area contributed by atoms with Crippen molar-refractivity contribution in [3.8, 4) is 0 Å². The number of hydrogen-bond donors (Lipinski definition) is 0. The van der Waals surface area contributed by atoms with Gasteiger partial charge in [0.15, 0.2) is 0 Å². The SMILES string of the molecule is CCC=COOOOC1CCCCC1. The van der Waals surface area contributed by atoms with Crippen LogP contribution in [0.15, 0.2) is 12.3 Å². The van der Waals surface area contributed by atoms with Gasteiger partial charge in [-0.1, -0.05) is 26.2 Å². The second-order valence-electron chi connectivity index (χ2n) is 3.37. The Kier molecular flexibility index (Phi) is 6.40. The molecule has 4 heteroatoms. The van der Waals surface area contributed by atoms with E-state index in [-0.39, 0.29) is 6.10 Å². The molecule has 1 rings (SSSR count). The van der Waals surface area contributed by atoms with Gasteiger partial charge in [-0.15, -0.1) is 0 Å². The Morgan fingerprint density at radius 3 is 2.64 bits per heavy atom. The van der Waals surface area contributed by atoms with Gasteiger partial charge < -0.3 is 4.89 Å². The summed E-state index contributed by atoms with van der Waals surface area (Å²) in [5, 5.41) is 8.78. The van der Waals surface area contributed by atoms with Crippen molar-refractivity contribution in [2.75, 3.05) is 0 Å². The van der Waals surface area contributed by atoms with Crippen LogP contribution in [0.3, 0.4) is 0 Å². The molecule has 0 atom stereocenters. The zero-order valence-corrected chi connectivity index (χ0v) is 8.61. The third-order valence-electron chi connectivity index (χ3n) is 2.18. The number of hydrogen-bond acceptors (Lipinski definition) is 4. The average molecular weight is 202 g/mol. The molecule has 0 unspecified atom stereocenters. The van der Waals surface area contributed by atoms with E-state index in [0.29, 0.717) is 0 Å². The molecule has 0 N–H and O–H groups in total. The highest BCUT2D eigenvalue weighted by Crippen LogP contribution is 2.20. The van der Waals surface area contributed by atoms with Crippen LogP contribution in [-0.2, 0) is 19.9 Å². The van der Waals surface area contributed by atoms with Gasteiger partial charge in [-0.2, -0.15) is 4.89 Å².